The number of ether oxygens (including phenoxy) is 1. The summed E-state index contributed by atoms with van der Waals surface area (Å²) in [4.78, 5) is 0. The molecule has 4 unspecified atom stereocenters. The average Bonchev–Trinajstić information content (AvgIpc) is 2.48. The molecule has 114 valence electrons. The number of rotatable bonds is 8. The Morgan fingerprint density at radius 2 is 1.85 bits per heavy atom. The third-order valence-corrected chi connectivity index (χ3v) is 5.81. The molecule has 0 heterocycles. The normalized spacial score (nSPS) is 17.2. The van der Waals surface area contributed by atoms with Gasteiger partial charge < -0.3 is 10.1 Å². The van der Waals surface area contributed by atoms with Crippen LogP contribution in [0.3, 0.4) is 0 Å². The minimum Gasteiger partial charge on any atom is -0.497 e. The van der Waals surface area contributed by atoms with E-state index in [1.807, 2.05) is 31.3 Å². The molecule has 0 saturated heterocycles. The third-order valence-electron chi connectivity index (χ3n) is 3.82. The zero-order chi connectivity index (χ0) is 15.1. The van der Waals surface area contributed by atoms with E-state index in [1.165, 1.54) is 0 Å². The van der Waals surface area contributed by atoms with Crippen LogP contribution in [0, 0.1) is 5.92 Å². The Morgan fingerprint density at radius 1 is 1.25 bits per heavy atom. The van der Waals surface area contributed by atoms with Gasteiger partial charge in [-0.1, -0.05) is 32.4 Å². The van der Waals surface area contributed by atoms with Crippen molar-refractivity contribution in [3.63, 3.8) is 0 Å². The topological polar surface area (TPSA) is 38.3 Å². The summed E-state index contributed by atoms with van der Waals surface area (Å²) < 4.78 is 17.6. The van der Waals surface area contributed by atoms with Gasteiger partial charge >= 0.3 is 0 Å². The minimum atomic E-state index is -0.826. The molecular formula is C16H27NO2S. The summed E-state index contributed by atoms with van der Waals surface area (Å²) in [7, 11) is 2.76. The highest BCUT2D eigenvalue weighted by Crippen LogP contribution is 2.23. The van der Waals surface area contributed by atoms with Gasteiger partial charge in [0, 0.05) is 22.6 Å². The van der Waals surface area contributed by atoms with Crippen LogP contribution in [0.25, 0.3) is 0 Å². The highest BCUT2D eigenvalue weighted by atomic mass is 32.2. The van der Waals surface area contributed by atoms with Crippen molar-refractivity contribution in [3.8, 4) is 5.75 Å². The van der Waals surface area contributed by atoms with Crippen molar-refractivity contribution in [1.29, 1.82) is 0 Å². The van der Waals surface area contributed by atoms with E-state index >= 15 is 0 Å². The monoisotopic (exact) mass is 297 g/mol. The van der Waals surface area contributed by atoms with Crippen LogP contribution in [0.15, 0.2) is 24.3 Å². The van der Waals surface area contributed by atoms with Crippen molar-refractivity contribution < 1.29 is 8.95 Å². The molecule has 20 heavy (non-hydrogen) atoms. The number of nitrogens with one attached hydrogen (secondary N) is 1. The van der Waals surface area contributed by atoms with E-state index in [-0.39, 0.29) is 11.3 Å². The quantitative estimate of drug-likeness (QED) is 0.801. The molecule has 1 aromatic carbocycles. The van der Waals surface area contributed by atoms with Crippen LogP contribution in [0.1, 0.15) is 38.8 Å². The van der Waals surface area contributed by atoms with Crippen LogP contribution in [0.5, 0.6) is 5.75 Å². The fraction of sp³-hybridized carbons (Fsp3) is 0.625. The van der Waals surface area contributed by atoms with Gasteiger partial charge in [0.25, 0.3) is 0 Å². The predicted molar refractivity (Wildman–Crippen MR) is 86.7 cm³/mol. The molecule has 4 atom stereocenters. The zero-order valence-corrected chi connectivity index (χ0v) is 14.0. The molecule has 1 N–H and O–H groups in total. The van der Waals surface area contributed by atoms with Crippen LogP contribution in [-0.2, 0) is 10.8 Å². The van der Waals surface area contributed by atoms with Crippen LogP contribution >= 0.6 is 0 Å². The van der Waals surface area contributed by atoms with Crippen molar-refractivity contribution >= 4 is 10.8 Å². The standard InChI is InChI=1S/C16H27NO2S/c1-6-12(2)11-20(18)13(3)16(17-4)14-7-9-15(19-5)10-8-14/h7-10,12-13,16-17H,6,11H2,1-5H3. The van der Waals surface area contributed by atoms with Crippen LogP contribution < -0.4 is 10.1 Å². The SMILES string of the molecule is CCC(C)CS(=O)C(C)C(NC)c1ccc(OC)cc1. The number of benzene rings is 1. The Kier molecular flexibility index (Phi) is 7.24. The zero-order valence-electron chi connectivity index (χ0n) is 13.2. The van der Waals surface area contributed by atoms with Crippen LogP contribution in [0.4, 0.5) is 0 Å². The molecule has 4 heteroatoms. The Labute approximate surface area is 125 Å². The van der Waals surface area contributed by atoms with Crippen LogP contribution in [0.2, 0.25) is 0 Å². The fourth-order valence-electron chi connectivity index (χ4n) is 2.19. The van der Waals surface area contributed by atoms with Crippen LogP contribution in [-0.4, -0.2) is 29.4 Å². The Balaban J connectivity index is 2.80. The maximum atomic E-state index is 12.5. The minimum absolute atomic E-state index is 0.0856. The van der Waals surface area contributed by atoms with E-state index in [1.54, 1.807) is 7.11 Å². The lowest BCUT2D eigenvalue weighted by Gasteiger charge is -2.24. The predicted octanol–water partition coefficient (Wildman–Crippen LogP) is 3.14. The van der Waals surface area contributed by atoms with Gasteiger partial charge in [-0.3, -0.25) is 4.21 Å². The van der Waals surface area contributed by atoms with E-state index < -0.39 is 10.8 Å². The van der Waals surface area contributed by atoms with E-state index in [0.717, 1.165) is 23.5 Å². The van der Waals surface area contributed by atoms with Gasteiger partial charge in [0.1, 0.15) is 5.75 Å². The summed E-state index contributed by atoms with van der Waals surface area (Å²) in [5.41, 5.74) is 1.15. The van der Waals surface area contributed by atoms with E-state index in [2.05, 4.69) is 26.1 Å². The van der Waals surface area contributed by atoms with Gasteiger partial charge in [0.2, 0.25) is 0 Å². The summed E-state index contributed by atoms with van der Waals surface area (Å²) in [5, 5.41) is 3.38. The molecular weight excluding hydrogens is 270 g/mol. The van der Waals surface area contributed by atoms with Gasteiger partial charge in [0.15, 0.2) is 0 Å². The lowest BCUT2D eigenvalue weighted by Crippen LogP contribution is -2.32. The maximum Gasteiger partial charge on any atom is 0.118 e. The summed E-state index contributed by atoms with van der Waals surface area (Å²) in [6.45, 7) is 6.36. The van der Waals surface area contributed by atoms with E-state index in [9.17, 15) is 4.21 Å². The Morgan fingerprint density at radius 3 is 2.30 bits per heavy atom. The van der Waals surface area contributed by atoms with E-state index in [4.69, 9.17) is 4.74 Å². The Hall–Kier alpha value is -0.870. The molecule has 3 nitrogen and oxygen atoms in total. The van der Waals surface area contributed by atoms with Crippen molar-refractivity contribution in [2.75, 3.05) is 19.9 Å². The smallest absolute Gasteiger partial charge is 0.118 e. The summed E-state index contributed by atoms with van der Waals surface area (Å²) in [6, 6.07) is 8.08. The molecule has 0 fully saturated rings. The first-order chi connectivity index (χ1) is 9.53. The summed E-state index contributed by atoms with van der Waals surface area (Å²) >= 11 is 0. The Bertz CT molecular complexity index is 419. The molecule has 1 rings (SSSR count). The van der Waals surface area contributed by atoms with E-state index in [0.29, 0.717) is 5.92 Å². The van der Waals surface area contributed by atoms with Gasteiger partial charge in [-0.15, -0.1) is 0 Å². The second kappa shape index (κ2) is 8.42. The molecule has 0 spiro atoms. The first-order valence-electron chi connectivity index (χ1n) is 7.21. The van der Waals surface area contributed by atoms with Gasteiger partial charge in [-0.2, -0.15) is 0 Å². The fourth-order valence-corrected chi connectivity index (χ4v) is 3.88. The lowest BCUT2D eigenvalue weighted by molar-refractivity contribution is 0.414. The van der Waals surface area contributed by atoms with Crippen molar-refractivity contribution in [1.82, 2.24) is 5.32 Å². The molecule has 0 aliphatic rings. The maximum absolute atomic E-state index is 12.5. The van der Waals surface area contributed by atoms with Gasteiger partial charge in [-0.05, 0) is 37.6 Å². The highest BCUT2D eigenvalue weighted by molar-refractivity contribution is 7.85. The molecule has 0 amide bonds. The first-order valence-corrected chi connectivity index (χ1v) is 8.60. The molecule has 0 aromatic heterocycles. The molecule has 0 aliphatic heterocycles. The van der Waals surface area contributed by atoms with Crippen molar-refractivity contribution in [3.05, 3.63) is 29.8 Å². The second-order valence-electron chi connectivity index (χ2n) is 5.31. The van der Waals surface area contributed by atoms with Crippen molar-refractivity contribution in [2.24, 2.45) is 5.92 Å². The molecule has 0 bridgehead atoms. The molecule has 1 aromatic rings. The number of hydrogen-bond donors (Lipinski definition) is 1. The second-order valence-corrected chi connectivity index (χ2v) is 7.14. The largest absolute Gasteiger partial charge is 0.497 e. The van der Waals surface area contributed by atoms with Gasteiger partial charge in [0.05, 0.1) is 12.4 Å². The van der Waals surface area contributed by atoms with Crippen molar-refractivity contribution in [2.45, 2.75) is 38.5 Å². The number of hydrogen-bond acceptors (Lipinski definition) is 3. The lowest BCUT2D eigenvalue weighted by atomic mass is 10.0. The third kappa shape index (κ3) is 4.60. The average molecular weight is 297 g/mol. The first kappa shape index (κ1) is 17.2. The summed E-state index contributed by atoms with van der Waals surface area (Å²) in [6.07, 6.45) is 1.07. The molecule has 0 aliphatic carbocycles. The highest BCUT2D eigenvalue weighted by Gasteiger charge is 2.23. The number of methoxy groups -OCH3 is 1. The van der Waals surface area contributed by atoms with Gasteiger partial charge in [-0.25, -0.2) is 0 Å². The molecule has 0 saturated carbocycles. The summed E-state index contributed by atoms with van der Waals surface area (Å²) in [5.74, 6) is 2.12. The molecule has 0 radical (unpaired) electrons.